The SMILES string of the molecule is CCOC(=O)c1cccc(NCNc2cccc3c(C(=O)C(=O)N4CCC(=C(C#N)c5ccccc5)CC4)c[nH]c23)c1. The number of piperidine rings is 1. The van der Waals surface area contributed by atoms with Crippen LogP contribution in [0.4, 0.5) is 11.4 Å². The van der Waals surface area contributed by atoms with Gasteiger partial charge in [0.2, 0.25) is 0 Å². The fourth-order valence-corrected chi connectivity index (χ4v) is 5.14. The van der Waals surface area contributed by atoms with Gasteiger partial charge in [0.1, 0.15) is 0 Å². The van der Waals surface area contributed by atoms with Crippen LogP contribution in [0.5, 0.6) is 0 Å². The lowest BCUT2D eigenvalue weighted by Crippen LogP contribution is -2.40. The summed E-state index contributed by atoms with van der Waals surface area (Å²) in [5.41, 5.74) is 5.51. The third kappa shape index (κ3) is 6.03. The second-order valence-corrected chi connectivity index (χ2v) is 9.84. The maximum absolute atomic E-state index is 13.3. The van der Waals surface area contributed by atoms with Gasteiger partial charge in [0, 0.05) is 30.4 Å². The van der Waals surface area contributed by atoms with E-state index >= 15 is 0 Å². The summed E-state index contributed by atoms with van der Waals surface area (Å²) in [7, 11) is 0. The van der Waals surface area contributed by atoms with E-state index in [4.69, 9.17) is 4.74 Å². The smallest absolute Gasteiger partial charge is 0.338 e. The summed E-state index contributed by atoms with van der Waals surface area (Å²) in [5, 5.41) is 16.9. The number of hydrogen-bond donors (Lipinski definition) is 3. The first-order valence-corrected chi connectivity index (χ1v) is 13.9. The van der Waals surface area contributed by atoms with Crippen LogP contribution in [0.2, 0.25) is 0 Å². The Bertz CT molecular complexity index is 1690. The van der Waals surface area contributed by atoms with Crippen LogP contribution in [0.1, 0.15) is 46.0 Å². The number of esters is 1. The number of H-pyrrole nitrogens is 1. The Balaban J connectivity index is 1.23. The number of ether oxygens (including phenoxy) is 1. The van der Waals surface area contributed by atoms with Gasteiger partial charge in [-0.1, -0.05) is 48.5 Å². The van der Waals surface area contributed by atoms with Gasteiger partial charge in [-0.25, -0.2) is 4.79 Å². The van der Waals surface area contributed by atoms with Crippen molar-refractivity contribution in [3.8, 4) is 6.07 Å². The van der Waals surface area contributed by atoms with E-state index in [-0.39, 0.29) is 5.97 Å². The van der Waals surface area contributed by atoms with Gasteiger partial charge in [-0.3, -0.25) is 9.59 Å². The van der Waals surface area contributed by atoms with Crippen LogP contribution in [0, 0.1) is 11.3 Å². The molecule has 1 fully saturated rings. The molecule has 212 valence electrons. The Morgan fingerprint density at radius 3 is 2.43 bits per heavy atom. The van der Waals surface area contributed by atoms with Gasteiger partial charge >= 0.3 is 5.97 Å². The Morgan fingerprint density at radius 2 is 1.69 bits per heavy atom. The van der Waals surface area contributed by atoms with E-state index in [9.17, 15) is 19.6 Å². The average molecular weight is 562 g/mol. The summed E-state index contributed by atoms with van der Waals surface area (Å²) in [6, 6.07) is 24.4. The highest BCUT2D eigenvalue weighted by Crippen LogP contribution is 2.29. The number of anilines is 2. The molecule has 9 nitrogen and oxygen atoms in total. The number of carbonyl (C=O) groups excluding carboxylic acids is 3. The van der Waals surface area contributed by atoms with Crippen molar-refractivity contribution in [1.82, 2.24) is 9.88 Å². The highest BCUT2D eigenvalue weighted by Gasteiger charge is 2.28. The minimum Gasteiger partial charge on any atom is -0.462 e. The molecule has 0 radical (unpaired) electrons. The Morgan fingerprint density at radius 1 is 0.952 bits per heavy atom. The van der Waals surface area contributed by atoms with Crippen LogP contribution in [0.25, 0.3) is 16.5 Å². The maximum atomic E-state index is 13.3. The minimum atomic E-state index is -0.566. The number of fused-ring (bicyclic) bond motifs is 1. The number of likely N-dealkylation sites (tertiary alicyclic amines) is 1. The van der Waals surface area contributed by atoms with Crippen LogP contribution < -0.4 is 10.6 Å². The third-order valence-electron chi connectivity index (χ3n) is 7.28. The zero-order valence-electron chi connectivity index (χ0n) is 23.3. The lowest BCUT2D eigenvalue weighted by molar-refractivity contribution is -0.126. The molecule has 0 bridgehead atoms. The van der Waals surface area contributed by atoms with Gasteiger partial charge in [-0.05, 0) is 55.2 Å². The molecule has 3 N–H and O–H groups in total. The predicted octanol–water partition coefficient (Wildman–Crippen LogP) is 5.61. The number of benzene rings is 3. The molecule has 4 aromatic rings. The number of para-hydroxylation sites is 1. The zero-order chi connectivity index (χ0) is 29.5. The summed E-state index contributed by atoms with van der Waals surface area (Å²) in [6.07, 6.45) is 2.67. The fraction of sp³-hybridized carbons (Fsp3) is 0.212. The number of aromatic nitrogens is 1. The van der Waals surface area contributed by atoms with E-state index in [1.165, 1.54) is 0 Å². The molecule has 1 saturated heterocycles. The molecule has 3 aromatic carbocycles. The molecule has 0 spiro atoms. The molecule has 5 rings (SSSR count). The predicted molar refractivity (Wildman–Crippen MR) is 162 cm³/mol. The molecule has 0 unspecified atom stereocenters. The maximum Gasteiger partial charge on any atom is 0.338 e. The minimum absolute atomic E-state index is 0.308. The number of Topliss-reactive ketones (excluding diaryl/α,β-unsaturated/α-hetero) is 1. The number of rotatable bonds is 9. The van der Waals surface area contributed by atoms with Crippen molar-refractivity contribution in [2.45, 2.75) is 19.8 Å². The molecule has 0 aliphatic carbocycles. The topological polar surface area (TPSA) is 127 Å². The summed E-state index contributed by atoms with van der Waals surface area (Å²) in [6.45, 7) is 3.19. The van der Waals surface area contributed by atoms with Gasteiger partial charge in [-0.2, -0.15) is 5.26 Å². The fourth-order valence-electron chi connectivity index (χ4n) is 5.14. The van der Waals surface area contributed by atoms with E-state index in [1.54, 1.807) is 36.2 Å². The van der Waals surface area contributed by atoms with Crippen molar-refractivity contribution in [3.63, 3.8) is 0 Å². The molecule has 9 heteroatoms. The molecule has 1 aliphatic rings. The van der Waals surface area contributed by atoms with E-state index in [0.29, 0.717) is 66.8 Å². The number of nitrogens with zero attached hydrogens (tertiary/aromatic N) is 2. The molecular weight excluding hydrogens is 530 g/mol. The molecule has 1 aliphatic heterocycles. The van der Waals surface area contributed by atoms with Crippen LogP contribution in [-0.4, -0.2) is 53.9 Å². The van der Waals surface area contributed by atoms with E-state index in [1.807, 2.05) is 54.6 Å². The normalized spacial score (nSPS) is 12.9. The van der Waals surface area contributed by atoms with Gasteiger partial charge in [0.05, 0.1) is 47.2 Å². The first-order chi connectivity index (χ1) is 20.5. The third-order valence-corrected chi connectivity index (χ3v) is 7.28. The number of aromatic amines is 1. The summed E-state index contributed by atoms with van der Waals surface area (Å²) < 4.78 is 5.06. The quantitative estimate of drug-likeness (QED) is 0.0797. The van der Waals surface area contributed by atoms with Gasteiger partial charge in [0.25, 0.3) is 11.7 Å². The molecule has 2 heterocycles. The number of nitrogens with one attached hydrogen (secondary N) is 3. The molecule has 0 saturated carbocycles. The van der Waals surface area contributed by atoms with Crippen molar-refractivity contribution in [2.75, 3.05) is 37.0 Å². The molecule has 42 heavy (non-hydrogen) atoms. The van der Waals surface area contributed by atoms with Crippen LogP contribution in [0.3, 0.4) is 0 Å². The standard InChI is InChI=1S/C33H31N5O4/c1-2-42-33(41)24-10-6-11-25(18-24)36-21-37-29-13-7-12-26-28(20-35-30(26)29)31(39)32(40)38-16-14-23(15-17-38)27(19-34)22-8-4-3-5-9-22/h3-13,18,20,35-37H,2,14-17,21H2,1H3. The second-order valence-electron chi connectivity index (χ2n) is 9.84. The first-order valence-electron chi connectivity index (χ1n) is 13.9. The highest BCUT2D eigenvalue weighted by atomic mass is 16.5. The highest BCUT2D eigenvalue weighted by molar-refractivity contribution is 6.45. The van der Waals surface area contributed by atoms with Crippen molar-refractivity contribution < 1.29 is 19.1 Å². The Hall–Kier alpha value is -5.36. The van der Waals surface area contributed by atoms with E-state index < -0.39 is 11.7 Å². The first kappa shape index (κ1) is 28.2. The molecule has 1 aromatic heterocycles. The van der Waals surface area contributed by atoms with Crippen molar-refractivity contribution >= 4 is 45.5 Å². The van der Waals surface area contributed by atoms with Crippen molar-refractivity contribution in [3.05, 3.63) is 101 Å². The van der Waals surface area contributed by atoms with Crippen LogP contribution in [-0.2, 0) is 9.53 Å². The van der Waals surface area contributed by atoms with Gasteiger partial charge < -0.3 is 25.3 Å². The molecule has 0 atom stereocenters. The monoisotopic (exact) mass is 561 g/mol. The number of amides is 1. The largest absolute Gasteiger partial charge is 0.462 e. The Kier molecular flexibility index (Phi) is 8.64. The number of hydrogen-bond acceptors (Lipinski definition) is 7. The lowest BCUT2D eigenvalue weighted by Gasteiger charge is -2.28. The number of nitriles is 1. The number of carbonyl (C=O) groups is 3. The van der Waals surface area contributed by atoms with Crippen molar-refractivity contribution in [1.29, 1.82) is 5.26 Å². The van der Waals surface area contributed by atoms with E-state index in [2.05, 4.69) is 21.7 Å². The van der Waals surface area contributed by atoms with E-state index in [0.717, 1.165) is 22.5 Å². The Labute approximate surface area is 243 Å². The molecule has 1 amide bonds. The number of allylic oxidation sites excluding steroid dienone is 1. The molecular formula is C33H31N5O4. The van der Waals surface area contributed by atoms with Crippen molar-refractivity contribution in [2.24, 2.45) is 0 Å². The summed E-state index contributed by atoms with van der Waals surface area (Å²) >= 11 is 0. The lowest BCUT2D eigenvalue weighted by atomic mass is 9.93. The summed E-state index contributed by atoms with van der Waals surface area (Å²) in [5.74, 6) is -1.49. The average Bonchev–Trinajstić information content (AvgIpc) is 3.47. The van der Waals surface area contributed by atoms with Crippen LogP contribution >= 0.6 is 0 Å². The second kappa shape index (κ2) is 12.9. The number of ketones is 1. The summed E-state index contributed by atoms with van der Waals surface area (Å²) in [4.78, 5) is 43.2. The van der Waals surface area contributed by atoms with Gasteiger partial charge in [0.15, 0.2) is 0 Å². The van der Waals surface area contributed by atoms with Crippen LogP contribution in [0.15, 0.2) is 84.6 Å². The zero-order valence-corrected chi connectivity index (χ0v) is 23.3. The van der Waals surface area contributed by atoms with Gasteiger partial charge in [-0.15, -0.1) is 0 Å².